The highest BCUT2D eigenvalue weighted by Gasteiger charge is 2.50. The van der Waals surface area contributed by atoms with Gasteiger partial charge in [0.25, 0.3) is 0 Å². The Labute approximate surface area is 97.8 Å². The van der Waals surface area contributed by atoms with Gasteiger partial charge in [-0.15, -0.1) is 0 Å². The highest BCUT2D eigenvalue weighted by atomic mass is 16.3. The first-order valence-corrected chi connectivity index (χ1v) is 6.54. The maximum Gasteiger partial charge on any atom is 0.230 e. The molecule has 2 aliphatic rings. The second kappa shape index (κ2) is 4.74. The number of amides is 1. The SMILES string of the molecule is CN(CC1CCCCC1)C(=O)C1(CO)CC1. The van der Waals surface area contributed by atoms with Gasteiger partial charge in [-0.3, -0.25) is 4.79 Å². The molecule has 0 radical (unpaired) electrons. The number of carbonyl (C=O) groups excluding carboxylic acids is 1. The number of hydrogen-bond acceptors (Lipinski definition) is 2. The van der Waals surface area contributed by atoms with Crippen LogP contribution in [0.2, 0.25) is 0 Å². The van der Waals surface area contributed by atoms with Crippen LogP contribution in [0, 0.1) is 11.3 Å². The van der Waals surface area contributed by atoms with E-state index in [4.69, 9.17) is 0 Å². The third kappa shape index (κ3) is 2.40. The third-order valence-electron chi connectivity index (χ3n) is 4.21. The number of rotatable bonds is 4. The van der Waals surface area contributed by atoms with Gasteiger partial charge in [-0.1, -0.05) is 19.3 Å². The van der Waals surface area contributed by atoms with Crippen molar-refractivity contribution in [3.05, 3.63) is 0 Å². The lowest BCUT2D eigenvalue weighted by atomic mass is 9.89. The van der Waals surface area contributed by atoms with Crippen molar-refractivity contribution >= 4 is 5.91 Å². The minimum absolute atomic E-state index is 0.0286. The smallest absolute Gasteiger partial charge is 0.230 e. The van der Waals surface area contributed by atoms with Crippen molar-refractivity contribution in [3.8, 4) is 0 Å². The minimum Gasteiger partial charge on any atom is -0.395 e. The molecule has 0 heterocycles. The van der Waals surface area contributed by atoms with E-state index in [1.807, 2.05) is 11.9 Å². The quantitative estimate of drug-likeness (QED) is 0.792. The molecular formula is C13H23NO2. The van der Waals surface area contributed by atoms with Crippen LogP contribution in [0.3, 0.4) is 0 Å². The molecule has 92 valence electrons. The van der Waals surface area contributed by atoms with Gasteiger partial charge >= 0.3 is 0 Å². The summed E-state index contributed by atoms with van der Waals surface area (Å²) in [5, 5.41) is 9.23. The maximum absolute atomic E-state index is 12.1. The molecule has 2 fully saturated rings. The monoisotopic (exact) mass is 225 g/mol. The maximum atomic E-state index is 12.1. The first-order valence-electron chi connectivity index (χ1n) is 6.54. The largest absolute Gasteiger partial charge is 0.395 e. The molecule has 2 rings (SSSR count). The van der Waals surface area contributed by atoms with Crippen molar-refractivity contribution in [1.82, 2.24) is 4.90 Å². The van der Waals surface area contributed by atoms with Crippen molar-refractivity contribution < 1.29 is 9.90 Å². The van der Waals surface area contributed by atoms with Crippen molar-refractivity contribution in [2.24, 2.45) is 11.3 Å². The Balaban J connectivity index is 1.82. The van der Waals surface area contributed by atoms with Crippen LogP contribution in [0.5, 0.6) is 0 Å². The Morgan fingerprint density at radius 1 is 1.31 bits per heavy atom. The highest BCUT2D eigenvalue weighted by molar-refractivity contribution is 5.85. The van der Waals surface area contributed by atoms with Gasteiger partial charge in [0.2, 0.25) is 5.91 Å². The molecule has 0 atom stereocenters. The summed E-state index contributed by atoms with van der Waals surface area (Å²) in [7, 11) is 1.90. The lowest BCUT2D eigenvalue weighted by Crippen LogP contribution is -2.39. The van der Waals surface area contributed by atoms with Gasteiger partial charge in [0.1, 0.15) is 0 Å². The molecule has 0 aromatic carbocycles. The van der Waals surface area contributed by atoms with Crippen LogP contribution in [-0.4, -0.2) is 36.1 Å². The Hall–Kier alpha value is -0.570. The fraction of sp³-hybridized carbons (Fsp3) is 0.923. The molecule has 16 heavy (non-hydrogen) atoms. The van der Waals surface area contributed by atoms with E-state index < -0.39 is 0 Å². The van der Waals surface area contributed by atoms with Crippen LogP contribution in [0.15, 0.2) is 0 Å². The standard InChI is InChI=1S/C13H23NO2/c1-14(9-11-5-3-2-4-6-11)12(16)13(10-15)7-8-13/h11,15H,2-10H2,1H3. The Kier molecular flexibility index (Phi) is 3.53. The highest BCUT2D eigenvalue weighted by Crippen LogP contribution is 2.46. The average molecular weight is 225 g/mol. The summed E-state index contributed by atoms with van der Waals surface area (Å²) in [5.74, 6) is 0.859. The molecule has 0 saturated heterocycles. The molecular weight excluding hydrogens is 202 g/mol. The summed E-state index contributed by atoms with van der Waals surface area (Å²) in [5.41, 5.74) is -0.385. The molecule has 0 unspecified atom stereocenters. The number of hydrogen-bond donors (Lipinski definition) is 1. The lowest BCUT2D eigenvalue weighted by molar-refractivity contribution is -0.137. The molecule has 0 spiro atoms. The molecule has 0 aromatic rings. The van der Waals surface area contributed by atoms with Crippen LogP contribution in [-0.2, 0) is 4.79 Å². The van der Waals surface area contributed by atoms with E-state index in [0.717, 1.165) is 19.4 Å². The number of aliphatic hydroxyl groups excluding tert-OH is 1. The minimum atomic E-state index is -0.385. The van der Waals surface area contributed by atoms with Crippen LogP contribution < -0.4 is 0 Å². The van der Waals surface area contributed by atoms with Gasteiger partial charge in [-0.25, -0.2) is 0 Å². The summed E-state index contributed by atoms with van der Waals surface area (Å²) in [6.07, 6.45) is 8.27. The number of carbonyl (C=O) groups is 1. The lowest BCUT2D eigenvalue weighted by Gasteiger charge is -2.29. The Morgan fingerprint density at radius 3 is 2.44 bits per heavy atom. The van der Waals surface area contributed by atoms with Crippen LogP contribution in [0.1, 0.15) is 44.9 Å². The molecule has 0 aliphatic heterocycles. The zero-order chi connectivity index (χ0) is 11.6. The van der Waals surface area contributed by atoms with Gasteiger partial charge in [0, 0.05) is 13.6 Å². The van der Waals surface area contributed by atoms with E-state index in [1.165, 1.54) is 32.1 Å². The first kappa shape index (κ1) is 11.9. The van der Waals surface area contributed by atoms with E-state index in [2.05, 4.69) is 0 Å². The van der Waals surface area contributed by atoms with E-state index in [-0.39, 0.29) is 17.9 Å². The van der Waals surface area contributed by atoms with Crippen molar-refractivity contribution in [2.45, 2.75) is 44.9 Å². The van der Waals surface area contributed by atoms with E-state index in [0.29, 0.717) is 5.92 Å². The molecule has 3 nitrogen and oxygen atoms in total. The van der Waals surface area contributed by atoms with Crippen molar-refractivity contribution in [2.75, 3.05) is 20.2 Å². The summed E-state index contributed by atoms with van der Waals surface area (Å²) >= 11 is 0. The van der Waals surface area contributed by atoms with Crippen LogP contribution >= 0.6 is 0 Å². The van der Waals surface area contributed by atoms with Gasteiger partial charge in [0.05, 0.1) is 12.0 Å². The van der Waals surface area contributed by atoms with Gasteiger partial charge < -0.3 is 10.0 Å². The molecule has 0 bridgehead atoms. The third-order valence-corrected chi connectivity index (χ3v) is 4.21. The molecule has 1 N–H and O–H groups in total. The van der Waals surface area contributed by atoms with Crippen molar-refractivity contribution in [1.29, 1.82) is 0 Å². The zero-order valence-corrected chi connectivity index (χ0v) is 10.2. The average Bonchev–Trinajstić information content (AvgIpc) is 3.10. The Bertz CT molecular complexity index is 255. The second-order valence-electron chi connectivity index (χ2n) is 5.63. The normalized spacial score (nSPS) is 24.1. The van der Waals surface area contributed by atoms with Crippen molar-refractivity contribution in [3.63, 3.8) is 0 Å². The molecule has 1 amide bonds. The zero-order valence-electron chi connectivity index (χ0n) is 10.2. The van der Waals surface area contributed by atoms with E-state index in [1.54, 1.807) is 0 Å². The first-order chi connectivity index (χ1) is 7.68. The summed E-state index contributed by atoms with van der Waals surface area (Å²) in [6, 6.07) is 0. The summed E-state index contributed by atoms with van der Waals surface area (Å²) in [4.78, 5) is 14.0. The van der Waals surface area contributed by atoms with E-state index >= 15 is 0 Å². The predicted molar refractivity (Wildman–Crippen MR) is 63.0 cm³/mol. The van der Waals surface area contributed by atoms with Crippen LogP contribution in [0.4, 0.5) is 0 Å². The second-order valence-corrected chi connectivity index (χ2v) is 5.63. The summed E-state index contributed by atoms with van der Waals surface area (Å²) in [6.45, 7) is 0.918. The molecule has 3 heteroatoms. The van der Waals surface area contributed by atoms with Gasteiger partial charge in [-0.05, 0) is 31.6 Å². The number of nitrogens with zero attached hydrogens (tertiary/aromatic N) is 1. The molecule has 2 aliphatic carbocycles. The predicted octanol–water partition coefficient (Wildman–Crippen LogP) is 1.80. The molecule has 2 saturated carbocycles. The van der Waals surface area contributed by atoms with Gasteiger partial charge in [-0.2, -0.15) is 0 Å². The molecule has 0 aromatic heterocycles. The van der Waals surface area contributed by atoms with E-state index in [9.17, 15) is 9.90 Å². The van der Waals surface area contributed by atoms with Gasteiger partial charge in [0.15, 0.2) is 0 Å². The topological polar surface area (TPSA) is 40.5 Å². The Morgan fingerprint density at radius 2 is 1.94 bits per heavy atom. The fourth-order valence-corrected chi connectivity index (χ4v) is 2.84. The summed E-state index contributed by atoms with van der Waals surface area (Å²) < 4.78 is 0. The van der Waals surface area contributed by atoms with Crippen LogP contribution in [0.25, 0.3) is 0 Å². The fourth-order valence-electron chi connectivity index (χ4n) is 2.84. The number of aliphatic hydroxyl groups is 1.